The highest BCUT2D eigenvalue weighted by atomic mass is 35.5. The predicted octanol–water partition coefficient (Wildman–Crippen LogP) is 6.12. The highest BCUT2D eigenvalue weighted by Gasteiger charge is 2.11. The van der Waals surface area contributed by atoms with Crippen LogP contribution in [0.4, 0.5) is 0 Å². The van der Waals surface area contributed by atoms with Crippen LogP contribution in [-0.2, 0) is 6.54 Å². The van der Waals surface area contributed by atoms with Gasteiger partial charge in [-0.05, 0) is 79.1 Å². The van der Waals surface area contributed by atoms with Gasteiger partial charge < -0.3 is 8.98 Å². The highest BCUT2D eigenvalue weighted by Crippen LogP contribution is 2.24. The second-order valence-electron chi connectivity index (χ2n) is 6.46. The van der Waals surface area contributed by atoms with Gasteiger partial charge in [0.2, 0.25) is 0 Å². The molecule has 130 valence electrons. The first-order valence-electron chi connectivity index (χ1n) is 8.54. The number of imidazole rings is 1. The van der Waals surface area contributed by atoms with Crippen LogP contribution in [0.3, 0.4) is 0 Å². The van der Waals surface area contributed by atoms with Gasteiger partial charge in [-0.2, -0.15) is 0 Å². The van der Waals surface area contributed by atoms with Crippen LogP contribution in [0.5, 0.6) is 0 Å². The summed E-state index contributed by atoms with van der Waals surface area (Å²) in [5.41, 5.74) is 5.81. The maximum Gasteiger partial charge on any atom is 0.134 e. The molecule has 0 atom stereocenters. The number of fused-ring (bicyclic) bond motifs is 1. The molecule has 0 unspecified atom stereocenters. The molecule has 4 rings (SSSR count). The molecule has 3 nitrogen and oxygen atoms in total. The average molecular weight is 363 g/mol. The summed E-state index contributed by atoms with van der Waals surface area (Å²) in [5.74, 6) is 1.71. The summed E-state index contributed by atoms with van der Waals surface area (Å²) in [4.78, 5) is 4.84. The van der Waals surface area contributed by atoms with E-state index in [0.29, 0.717) is 0 Å². The molecule has 2 aromatic carbocycles. The highest BCUT2D eigenvalue weighted by molar-refractivity contribution is 6.30. The van der Waals surface area contributed by atoms with Crippen molar-refractivity contribution in [2.75, 3.05) is 0 Å². The zero-order chi connectivity index (χ0) is 18.1. The van der Waals surface area contributed by atoms with Crippen molar-refractivity contribution < 1.29 is 4.42 Å². The lowest BCUT2D eigenvalue weighted by Gasteiger charge is -2.09. The predicted molar refractivity (Wildman–Crippen MR) is 107 cm³/mol. The number of halogens is 1. The van der Waals surface area contributed by atoms with E-state index in [9.17, 15) is 0 Å². The molecule has 2 aromatic heterocycles. The van der Waals surface area contributed by atoms with E-state index in [1.807, 2.05) is 36.4 Å². The second kappa shape index (κ2) is 6.85. The lowest BCUT2D eigenvalue weighted by molar-refractivity contribution is 0.557. The van der Waals surface area contributed by atoms with E-state index in [1.54, 1.807) is 6.26 Å². The maximum absolute atomic E-state index is 6.02. The molecule has 0 amide bonds. The zero-order valence-corrected chi connectivity index (χ0v) is 15.5. The SMILES string of the molecule is Cc1cc2nc(/C=C/c3ccco3)n(Cc3ccc(Cl)cc3)c2cc1C. The molecule has 4 heteroatoms. The Labute approximate surface area is 157 Å². The Morgan fingerprint density at radius 2 is 1.81 bits per heavy atom. The van der Waals surface area contributed by atoms with Gasteiger partial charge in [0, 0.05) is 11.6 Å². The van der Waals surface area contributed by atoms with E-state index in [4.69, 9.17) is 21.0 Å². The van der Waals surface area contributed by atoms with Gasteiger partial charge in [-0.25, -0.2) is 4.98 Å². The summed E-state index contributed by atoms with van der Waals surface area (Å²) >= 11 is 6.02. The molecule has 0 N–H and O–H groups in total. The molecule has 0 spiro atoms. The largest absolute Gasteiger partial charge is 0.465 e. The van der Waals surface area contributed by atoms with Crippen molar-refractivity contribution in [3.8, 4) is 0 Å². The van der Waals surface area contributed by atoms with Crippen molar-refractivity contribution in [3.63, 3.8) is 0 Å². The summed E-state index contributed by atoms with van der Waals surface area (Å²) in [6.07, 6.45) is 5.61. The molecule has 26 heavy (non-hydrogen) atoms. The van der Waals surface area contributed by atoms with Crippen LogP contribution < -0.4 is 0 Å². The first-order valence-corrected chi connectivity index (χ1v) is 8.91. The van der Waals surface area contributed by atoms with E-state index in [-0.39, 0.29) is 0 Å². The fourth-order valence-corrected chi connectivity index (χ4v) is 3.13. The summed E-state index contributed by atoms with van der Waals surface area (Å²) in [7, 11) is 0. The van der Waals surface area contributed by atoms with Crippen molar-refractivity contribution >= 4 is 34.8 Å². The number of aromatic nitrogens is 2. The lowest BCUT2D eigenvalue weighted by Crippen LogP contribution is -2.02. The molecule has 0 saturated heterocycles. The first kappa shape index (κ1) is 16.7. The molecule has 4 aromatic rings. The second-order valence-corrected chi connectivity index (χ2v) is 6.89. The molecular weight excluding hydrogens is 344 g/mol. The Morgan fingerprint density at radius 1 is 1.04 bits per heavy atom. The van der Waals surface area contributed by atoms with E-state index in [1.165, 1.54) is 16.7 Å². The Balaban J connectivity index is 1.82. The van der Waals surface area contributed by atoms with Crippen LogP contribution in [-0.4, -0.2) is 9.55 Å². The van der Waals surface area contributed by atoms with Crippen LogP contribution in [0.2, 0.25) is 5.02 Å². The van der Waals surface area contributed by atoms with Crippen LogP contribution in [0, 0.1) is 13.8 Å². The van der Waals surface area contributed by atoms with Crippen molar-refractivity contribution in [3.05, 3.63) is 88.1 Å². The Bertz CT molecular complexity index is 1070. The monoisotopic (exact) mass is 362 g/mol. The van der Waals surface area contributed by atoms with Crippen molar-refractivity contribution in [1.29, 1.82) is 0 Å². The average Bonchev–Trinajstić information content (AvgIpc) is 3.25. The smallest absolute Gasteiger partial charge is 0.134 e. The summed E-state index contributed by atoms with van der Waals surface area (Å²) in [6.45, 7) is 4.98. The summed E-state index contributed by atoms with van der Waals surface area (Å²) in [5, 5.41) is 0.744. The van der Waals surface area contributed by atoms with E-state index in [2.05, 4.69) is 42.7 Å². The zero-order valence-electron chi connectivity index (χ0n) is 14.7. The normalized spacial score (nSPS) is 11.7. The van der Waals surface area contributed by atoms with Crippen LogP contribution >= 0.6 is 11.6 Å². The maximum atomic E-state index is 6.02. The third kappa shape index (κ3) is 3.31. The molecular formula is C22H19ClN2O. The number of hydrogen-bond acceptors (Lipinski definition) is 2. The molecule has 0 saturated carbocycles. The van der Waals surface area contributed by atoms with Gasteiger partial charge in [-0.3, -0.25) is 0 Å². The van der Waals surface area contributed by atoms with Gasteiger partial charge >= 0.3 is 0 Å². The minimum atomic E-state index is 0.730. The summed E-state index contributed by atoms with van der Waals surface area (Å²) in [6, 6.07) is 16.1. The van der Waals surface area contributed by atoms with Gasteiger partial charge in [0.25, 0.3) is 0 Å². The fraction of sp³-hybridized carbons (Fsp3) is 0.136. The van der Waals surface area contributed by atoms with E-state index >= 15 is 0 Å². The number of nitrogens with zero attached hydrogens (tertiary/aromatic N) is 2. The number of rotatable bonds is 4. The number of hydrogen-bond donors (Lipinski definition) is 0. The van der Waals surface area contributed by atoms with Crippen molar-refractivity contribution in [2.24, 2.45) is 0 Å². The van der Waals surface area contributed by atoms with Crippen LogP contribution in [0.25, 0.3) is 23.2 Å². The van der Waals surface area contributed by atoms with Gasteiger partial charge in [0.1, 0.15) is 11.6 Å². The van der Waals surface area contributed by atoms with Crippen LogP contribution in [0.15, 0.2) is 59.2 Å². The number of benzene rings is 2. The third-order valence-corrected chi connectivity index (χ3v) is 4.84. The molecule has 0 aliphatic carbocycles. The van der Waals surface area contributed by atoms with Gasteiger partial charge in [-0.1, -0.05) is 23.7 Å². The van der Waals surface area contributed by atoms with Gasteiger partial charge in [0.15, 0.2) is 0 Å². The Hall–Kier alpha value is -2.78. The fourth-order valence-electron chi connectivity index (χ4n) is 3.01. The molecule has 0 aliphatic rings. The van der Waals surface area contributed by atoms with Gasteiger partial charge in [-0.15, -0.1) is 0 Å². The molecule has 0 aliphatic heterocycles. The van der Waals surface area contributed by atoms with Gasteiger partial charge in [0.05, 0.1) is 17.3 Å². The standard InChI is InChI=1S/C22H19ClN2O/c1-15-12-20-21(13-16(15)2)25(14-17-5-7-18(23)8-6-17)22(24-20)10-9-19-4-3-11-26-19/h3-13H,14H2,1-2H3/b10-9+. The topological polar surface area (TPSA) is 31.0 Å². The third-order valence-electron chi connectivity index (χ3n) is 4.59. The van der Waals surface area contributed by atoms with Crippen LogP contribution in [0.1, 0.15) is 28.3 Å². The summed E-state index contributed by atoms with van der Waals surface area (Å²) < 4.78 is 7.63. The molecule has 0 bridgehead atoms. The Morgan fingerprint density at radius 3 is 2.54 bits per heavy atom. The molecule has 0 fully saturated rings. The number of aryl methyl sites for hydroxylation is 2. The molecule has 0 radical (unpaired) electrons. The first-order chi connectivity index (χ1) is 12.6. The van der Waals surface area contributed by atoms with Crippen molar-refractivity contribution in [2.45, 2.75) is 20.4 Å². The van der Waals surface area contributed by atoms with Crippen molar-refractivity contribution in [1.82, 2.24) is 9.55 Å². The lowest BCUT2D eigenvalue weighted by atomic mass is 10.1. The Kier molecular flexibility index (Phi) is 4.39. The quantitative estimate of drug-likeness (QED) is 0.438. The number of furan rings is 1. The molecule has 2 heterocycles. The minimum absolute atomic E-state index is 0.730. The van der Waals surface area contributed by atoms with E-state index in [0.717, 1.165) is 34.2 Å². The minimum Gasteiger partial charge on any atom is -0.465 e. The van der Waals surface area contributed by atoms with E-state index < -0.39 is 0 Å².